The van der Waals surface area contributed by atoms with Crippen LogP contribution in [0, 0.1) is 12.8 Å². The van der Waals surface area contributed by atoms with Gasteiger partial charge in [0, 0.05) is 12.6 Å². The summed E-state index contributed by atoms with van der Waals surface area (Å²) in [7, 11) is 0. The van der Waals surface area contributed by atoms with Crippen molar-refractivity contribution in [2.45, 2.75) is 27.7 Å². The Morgan fingerprint density at radius 3 is 2.73 bits per heavy atom. The molecule has 1 N–H and O–H groups in total. The SMILES string of the molecule is CCOc1cc(NCC(C)C)nc(C)n1. The summed E-state index contributed by atoms with van der Waals surface area (Å²) in [6.45, 7) is 9.65. The van der Waals surface area contributed by atoms with Crippen LogP contribution in [-0.4, -0.2) is 23.1 Å². The molecule has 1 aromatic rings. The predicted molar refractivity (Wildman–Crippen MR) is 61.3 cm³/mol. The molecule has 0 aliphatic carbocycles. The van der Waals surface area contributed by atoms with Crippen molar-refractivity contribution in [3.8, 4) is 5.88 Å². The highest BCUT2D eigenvalue weighted by Gasteiger charge is 2.02. The first-order chi connectivity index (χ1) is 7.11. The van der Waals surface area contributed by atoms with Gasteiger partial charge in [-0.2, -0.15) is 4.98 Å². The molecular weight excluding hydrogens is 190 g/mol. The van der Waals surface area contributed by atoms with Crippen molar-refractivity contribution in [2.75, 3.05) is 18.5 Å². The van der Waals surface area contributed by atoms with E-state index < -0.39 is 0 Å². The summed E-state index contributed by atoms with van der Waals surface area (Å²) in [4.78, 5) is 8.46. The second-order valence-corrected chi connectivity index (χ2v) is 3.85. The lowest BCUT2D eigenvalue weighted by molar-refractivity contribution is 0.325. The molecule has 0 aromatic carbocycles. The first-order valence-electron chi connectivity index (χ1n) is 5.34. The summed E-state index contributed by atoms with van der Waals surface area (Å²) in [6, 6.07) is 1.83. The molecule has 0 amide bonds. The summed E-state index contributed by atoms with van der Waals surface area (Å²) in [5.74, 6) is 2.79. The maximum absolute atomic E-state index is 5.34. The van der Waals surface area contributed by atoms with E-state index in [1.807, 2.05) is 19.9 Å². The highest BCUT2D eigenvalue weighted by Crippen LogP contribution is 2.13. The van der Waals surface area contributed by atoms with Gasteiger partial charge in [0.25, 0.3) is 0 Å². The van der Waals surface area contributed by atoms with Gasteiger partial charge in [0.1, 0.15) is 11.6 Å². The van der Waals surface area contributed by atoms with Gasteiger partial charge < -0.3 is 10.1 Å². The van der Waals surface area contributed by atoms with E-state index in [4.69, 9.17) is 4.74 Å². The second kappa shape index (κ2) is 5.53. The minimum atomic E-state index is 0.593. The molecule has 4 nitrogen and oxygen atoms in total. The number of hydrogen-bond acceptors (Lipinski definition) is 4. The number of rotatable bonds is 5. The summed E-state index contributed by atoms with van der Waals surface area (Å²) >= 11 is 0. The van der Waals surface area contributed by atoms with Crippen LogP contribution in [0.1, 0.15) is 26.6 Å². The number of ether oxygens (including phenoxy) is 1. The molecule has 1 aromatic heterocycles. The lowest BCUT2D eigenvalue weighted by Gasteiger charge is -2.10. The van der Waals surface area contributed by atoms with E-state index in [0.29, 0.717) is 18.4 Å². The standard InChI is InChI=1S/C11H19N3O/c1-5-15-11-6-10(12-7-8(2)3)13-9(4)14-11/h6,8H,5,7H2,1-4H3,(H,12,13,14). The highest BCUT2D eigenvalue weighted by molar-refractivity contribution is 5.38. The monoisotopic (exact) mass is 209 g/mol. The van der Waals surface area contributed by atoms with Crippen molar-refractivity contribution in [3.63, 3.8) is 0 Å². The van der Waals surface area contributed by atoms with Gasteiger partial charge in [-0.05, 0) is 19.8 Å². The molecule has 84 valence electrons. The van der Waals surface area contributed by atoms with Gasteiger partial charge in [0.2, 0.25) is 5.88 Å². The minimum absolute atomic E-state index is 0.593. The Labute approximate surface area is 91.1 Å². The zero-order chi connectivity index (χ0) is 11.3. The van der Waals surface area contributed by atoms with E-state index in [9.17, 15) is 0 Å². The largest absolute Gasteiger partial charge is 0.478 e. The second-order valence-electron chi connectivity index (χ2n) is 3.85. The van der Waals surface area contributed by atoms with Crippen molar-refractivity contribution in [3.05, 3.63) is 11.9 Å². The molecule has 0 atom stereocenters. The van der Waals surface area contributed by atoms with Crippen LogP contribution >= 0.6 is 0 Å². The Bertz CT molecular complexity index is 313. The Hall–Kier alpha value is -1.32. The molecule has 0 spiro atoms. The molecule has 0 aliphatic heterocycles. The van der Waals surface area contributed by atoms with E-state index >= 15 is 0 Å². The third-order valence-corrected chi connectivity index (χ3v) is 1.80. The number of aryl methyl sites for hydroxylation is 1. The van der Waals surface area contributed by atoms with E-state index in [2.05, 4.69) is 29.1 Å². The molecule has 0 fully saturated rings. The van der Waals surface area contributed by atoms with Crippen LogP contribution in [0.3, 0.4) is 0 Å². The number of anilines is 1. The number of nitrogens with one attached hydrogen (secondary N) is 1. The first kappa shape index (κ1) is 11.8. The van der Waals surface area contributed by atoms with Gasteiger partial charge in [-0.3, -0.25) is 0 Å². The van der Waals surface area contributed by atoms with Crippen LogP contribution in [0.5, 0.6) is 5.88 Å². The Morgan fingerprint density at radius 2 is 2.13 bits per heavy atom. The fraction of sp³-hybridized carbons (Fsp3) is 0.636. The fourth-order valence-electron chi connectivity index (χ4n) is 1.16. The van der Waals surface area contributed by atoms with Gasteiger partial charge in [0.15, 0.2) is 0 Å². The zero-order valence-corrected chi connectivity index (χ0v) is 9.87. The quantitative estimate of drug-likeness (QED) is 0.808. The molecule has 4 heteroatoms. The van der Waals surface area contributed by atoms with Gasteiger partial charge in [-0.25, -0.2) is 4.98 Å². The maximum atomic E-state index is 5.34. The van der Waals surface area contributed by atoms with Crippen molar-refractivity contribution in [1.82, 2.24) is 9.97 Å². The lowest BCUT2D eigenvalue weighted by Crippen LogP contribution is -2.10. The molecule has 15 heavy (non-hydrogen) atoms. The van der Waals surface area contributed by atoms with E-state index in [-0.39, 0.29) is 0 Å². The third kappa shape index (κ3) is 4.14. The topological polar surface area (TPSA) is 47.0 Å². The van der Waals surface area contributed by atoms with Crippen molar-refractivity contribution in [2.24, 2.45) is 5.92 Å². The molecular formula is C11H19N3O. The van der Waals surface area contributed by atoms with E-state index in [0.717, 1.165) is 18.2 Å². The average molecular weight is 209 g/mol. The first-order valence-corrected chi connectivity index (χ1v) is 5.34. The molecule has 0 bridgehead atoms. The maximum Gasteiger partial charge on any atom is 0.218 e. The van der Waals surface area contributed by atoms with Crippen LogP contribution in [0.25, 0.3) is 0 Å². The molecule has 0 saturated heterocycles. The van der Waals surface area contributed by atoms with Gasteiger partial charge in [-0.1, -0.05) is 13.8 Å². The molecule has 0 radical (unpaired) electrons. The average Bonchev–Trinajstić information content (AvgIpc) is 2.14. The minimum Gasteiger partial charge on any atom is -0.478 e. The normalized spacial score (nSPS) is 10.5. The van der Waals surface area contributed by atoms with E-state index in [1.165, 1.54) is 0 Å². The predicted octanol–water partition coefficient (Wildman–Crippen LogP) is 2.25. The Balaban J connectivity index is 2.70. The van der Waals surface area contributed by atoms with Crippen molar-refractivity contribution < 1.29 is 4.74 Å². The summed E-state index contributed by atoms with van der Waals surface area (Å²) < 4.78 is 5.34. The highest BCUT2D eigenvalue weighted by atomic mass is 16.5. The van der Waals surface area contributed by atoms with E-state index in [1.54, 1.807) is 0 Å². The third-order valence-electron chi connectivity index (χ3n) is 1.80. The van der Waals surface area contributed by atoms with Crippen LogP contribution < -0.4 is 10.1 Å². The number of hydrogen-bond donors (Lipinski definition) is 1. The van der Waals surface area contributed by atoms with Crippen LogP contribution in [0.4, 0.5) is 5.82 Å². The van der Waals surface area contributed by atoms with Gasteiger partial charge >= 0.3 is 0 Å². The number of aromatic nitrogens is 2. The molecule has 0 saturated carbocycles. The van der Waals surface area contributed by atoms with Gasteiger partial charge in [-0.15, -0.1) is 0 Å². The van der Waals surface area contributed by atoms with Crippen LogP contribution in [-0.2, 0) is 0 Å². The van der Waals surface area contributed by atoms with Crippen molar-refractivity contribution >= 4 is 5.82 Å². The smallest absolute Gasteiger partial charge is 0.218 e. The zero-order valence-electron chi connectivity index (χ0n) is 9.87. The van der Waals surface area contributed by atoms with Crippen LogP contribution in [0.15, 0.2) is 6.07 Å². The van der Waals surface area contributed by atoms with Gasteiger partial charge in [0.05, 0.1) is 6.61 Å². The molecule has 0 unspecified atom stereocenters. The summed E-state index contributed by atoms with van der Waals surface area (Å²) in [6.07, 6.45) is 0. The van der Waals surface area contributed by atoms with Crippen LogP contribution in [0.2, 0.25) is 0 Å². The lowest BCUT2D eigenvalue weighted by atomic mass is 10.2. The molecule has 0 aliphatic rings. The van der Waals surface area contributed by atoms with Crippen molar-refractivity contribution in [1.29, 1.82) is 0 Å². The summed E-state index contributed by atoms with van der Waals surface area (Å²) in [5, 5.41) is 3.25. The Morgan fingerprint density at radius 1 is 1.40 bits per heavy atom. The number of nitrogens with zero attached hydrogens (tertiary/aromatic N) is 2. The fourth-order valence-corrected chi connectivity index (χ4v) is 1.16. The Kier molecular flexibility index (Phi) is 4.34. The molecule has 1 rings (SSSR count). The molecule has 1 heterocycles. The summed E-state index contributed by atoms with van der Waals surface area (Å²) in [5.41, 5.74) is 0.